The zero-order chi connectivity index (χ0) is 31.5. The molecule has 0 amide bonds. The van der Waals surface area contributed by atoms with E-state index in [0.29, 0.717) is 22.8 Å². The molecule has 4 aromatic heterocycles. The van der Waals surface area contributed by atoms with Crippen LogP contribution in [0.4, 0.5) is 17.6 Å². The number of benzene rings is 2. The van der Waals surface area contributed by atoms with Gasteiger partial charge in [-0.25, -0.2) is 4.79 Å². The Kier molecular flexibility index (Phi) is 12.7. The molecule has 11 heteroatoms. The molecule has 2 aromatic carbocycles. The second kappa shape index (κ2) is 16.7. The van der Waals surface area contributed by atoms with Crippen molar-refractivity contribution >= 4 is 5.97 Å². The van der Waals surface area contributed by atoms with E-state index in [0.717, 1.165) is 29.8 Å². The zero-order valence-electron chi connectivity index (χ0n) is 23.4. The summed E-state index contributed by atoms with van der Waals surface area (Å²) >= 11 is 0. The molecular formula is C34H22F4IrN4O2-2. The van der Waals surface area contributed by atoms with Gasteiger partial charge in [-0.15, -0.1) is 24.3 Å². The van der Waals surface area contributed by atoms with Gasteiger partial charge < -0.3 is 15.1 Å². The average Bonchev–Trinajstić information content (AvgIpc) is 3.03. The number of halogens is 4. The summed E-state index contributed by atoms with van der Waals surface area (Å²) in [6.45, 7) is 1.95. The number of carboxylic acid groups (broad SMARTS) is 1. The molecular weight excluding hydrogens is 765 g/mol. The summed E-state index contributed by atoms with van der Waals surface area (Å²) in [5.74, 6) is -3.53. The monoisotopic (exact) mass is 787 g/mol. The molecule has 0 saturated carbocycles. The number of hydrogen-bond donors (Lipinski definition) is 1. The van der Waals surface area contributed by atoms with E-state index in [9.17, 15) is 22.4 Å². The van der Waals surface area contributed by atoms with Crippen molar-refractivity contribution in [1.82, 2.24) is 19.9 Å². The largest absolute Gasteiger partial charge is 0.478 e. The topological polar surface area (TPSA) is 88.9 Å². The van der Waals surface area contributed by atoms with Gasteiger partial charge >= 0.3 is 5.97 Å². The van der Waals surface area contributed by atoms with E-state index >= 15 is 0 Å². The van der Waals surface area contributed by atoms with E-state index in [1.165, 1.54) is 18.3 Å². The van der Waals surface area contributed by atoms with E-state index in [1.54, 1.807) is 55.0 Å². The van der Waals surface area contributed by atoms with Crippen LogP contribution in [-0.4, -0.2) is 31.0 Å². The first kappa shape index (κ1) is 34.4. The molecule has 1 radical (unpaired) electrons. The summed E-state index contributed by atoms with van der Waals surface area (Å²) in [7, 11) is 0. The molecule has 45 heavy (non-hydrogen) atoms. The van der Waals surface area contributed by atoms with Gasteiger partial charge in [0.15, 0.2) is 0 Å². The predicted molar refractivity (Wildman–Crippen MR) is 156 cm³/mol. The summed E-state index contributed by atoms with van der Waals surface area (Å²) in [6, 6.07) is 25.8. The van der Waals surface area contributed by atoms with Crippen LogP contribution < -0.4 is 0 Å². The van der Waals surface area contributed by atoms with Crippen LogP contribution in [0.1, 0.15) is 15.9 Å². The minimum Gasteiger partial charge on any atom is -0.478 e. The van der Waals surface area contributed by atoms with Crippen LogP contribution in [-0.2, 0) is 20.1 Å². The molecule has 1 N–H and O–H groups in total. The Morgan fingerprint density at radius 1 is 0.622 bits per heavy atom. The second-order valence-electron chi connectivity index (χ2n) is 8.96. The number of aromatic nitrogens is 4. The first-order valence-electron chi connectivity index (χ1n) is 12.9. The molecule has 6 aromatic rings. The second-order valence-corrected chi connectivity index (χ2v) is 8.96. The van der Waals surface area contributed by atoms with E-state index in [2.05, 4.69) is 32.1 Å². The van der Waals surface area contributed by atoms with Crippen LogP contribution in [0.2, 0.25) is 0 Å². The van der Waals surface area contributed by atoms with Gasteiger partial charge in [0.25, 0.3) is 0 Å². The Labute approximate surface area is 269 Å². The summed E-state index contributed by atoms with van der Waals surface area (Å²) in [5, 5.41) is 8.86. The van der Waals surface area contributed by atoms with Crippen molar-refractivity contribution < 1.29 is 47.6 Å². The third-order valence-electron chi connectivity index (χ3n) is 5.74. The van der Waals surface area contributed by atoms with Crippen molar-refractivity contribution in [1.29, 1.82) is 0 Å². The molecule has 0 aliphatic heterocycles. The quantitative estimate of drug-likeness (QED) is 0.145. The predicted octanol–water partition coefficient (Wildman–Crippen LogP) is 7.80. The molecule has 4 heterocycles. The van der Waals surface area contributed by atoms with Crippen LogP contribution >= 0.6 is 0 Å². The normalized spacial score (nSPS) is 9.89. The van der Waals surface area contributed by atoms with Crippen molar-refractivity contribution in [3.63, 3.8) is 0 Å². The standard InChI is InChI=1S/C12H10N2O2.2C11H6F2N.Ir/c1-8-2-4-13-10(6-8)11-7-9(12(15)16)3-5-14-11;2*12-8-4-5-9(10(13)7-8)11-3-1-2-6-14-11;/h2-7H,1H3,(H,15,16);2*1-4,6-7H;/q;2*-1;. The molecule has 0 aliphatic carbocycles. The summed E-state index contributed by atoms with van der Waals surface area (Å²) < 4.78 is 51.6. The smallest absolute Gasteiger partial charge is 0.335 e. The van der Waals surface area contributed by atoms with Gasteiger partial charge in [-0.05, 0) is 60.3 Å². The molecule has 0 bridgehead atoms. The zero-order valence-corrected chi connectivity index (χ0v) is 25.8. The third-order valence-corrected chi connectivity index (χ3v) is 5.74. The molecule has 0 saturated heterocycles. The minimum absolute atomic E-state index is 0. The van der Waals surface area contributed by atoms with E-state index in [-0.39, 0.29) is 36.8 Å². The Bertz CT molecular complexity index is 1780. The Hall–Kier alpha value is -5.12. The Morgan fingerprint density at radius 3 is 1.51 bits per heavy atom. The first-order chi connectivity index (χ1) is 21.2. The Balaban J connectivity index is 0.000000183. The van der Waals surface area contributed by atoms with Crippen LogP contribution in [0, 0.1) is 42.3 Å². The van der Waals surface area contributed by atoms with E-state index < -0.39 is 29.2 Å². The fourth-order valence-electron chi connectivity index (χ4n) is 3.68. The number of aromatic carboxylic acids is 1. The van der Waals surface area contributed by atoms with E-state index in [4.69, 9.17) is 5.11 Å². The van der Waals surface area contributed by atoms with Crippen LogP contribution in [0.25, 0.3) is 33.9 Å². The fraction of sp³-hybridized carbons (Fsp3) is 0.0294. The van der Waals surface area contributed by atoms with E-state index in [1.807, 2.05) is 19.1 Å². The SMILES string of the molecule is Cc1ccnc(-c2cc(C(=O)O)ccn2)c1.Fc1c[c-]c(-c2ccccn2)c(F)c1.Fc1c[c-]c(-c2ccccn2)c(F)c1.[Ir]. The van der Waals surface area contributed by atoms with Gasteiger partial charge in [-0.2, -0.15) is 0 Å². The number of hydrogen-bond acceptors (Lipinski definition) is 5. The maximum Gasteiger partial charge on any atom is 0.335 e. The van der Waals surface area contributed by atoms with Crippen LogP contribution in [0.5, 0.6) is 0 Å². The van der Waals surface area contributed by atoms with Gasteiger partial charge in [-0.3, -0.25) is 27.5 Å². The minimum atomic E-state index is -0.962. The molecule has 6 nitrogen and oxygen atoms in total. The van der Waals surface area contributed by atoms with Crippen LogP contribution in [0.3, 0.4) is 0 Å². The molecule has 0 unspecified atom stereocenters. The average molecular weight is 787 g/mol. The number of carbonyl (C=O) groups is 1. The first-order valence-corrected chi connectivity index (χ1v) is 12.9. The number of nitrogens with zero attached hydrogens (tertiary/aromatic N) is 4. The fourth-order valence-corrected chi connectivity index (χ4v) is 3.68. The van der Waals surface area contributed by atoms with Crippen molar-refractivity contribution in [3.8, 4) is 33.9 Å². The van der Waals surface area contributed by atoms with Crippen LogP contribution in [0.15, 0.2) is 110 Å². The van der Waals surface area contributed by atoms with Gasteiger partial charge in [0.2, 0.25) is 0 Å². The van der Waals surface area contributed by atoms with Gasteiger partial charge in [0.1, 0.15) is 0 Å². The van der Waals surface area contributed by atoms with Gasteiger partial charge in [0, 0.05) is 68.2 Å². The number of pyridine rings is 4. The van der Waals surface area contributed by atoms with Gasteiger partial charge in [-0.1, -0.05) is 47.5 Å². The van der Waals surface area contributed by atoms with Crippen molar-refractivity contribution in [2.45, 2.75) is 6.92 Å². The number of aryl methyl sites for hydroxylation is 1. The van der Waals surface area contributed by atoms with Crippen molar-refractivity contribution in [2.75, 3.05) is 0 Å². The maximum absolute atomic E-state index is 13.2. The summed E-state index contributed by atoms with van der Waals surface area (Å²) in [4.78, 5) is 27.0. The molecule has 0 aliphatic rings. The molecule has 6 rings (SSSR count). The number of carboxylic acids is 1. The summed E-state index contributed by atoms with van der Waals surface area (Å²) in [6.07, 6.45) is 6.25. The summed E-state index contributed by atoms with van der Waals surface area (Å²) in [5.41, 5.74) is 3.81. The molecule has 229 valence electrons. The Morgan fingerprint density at radius 2 is 1.09 bits per heavy atom. The molecule has 0 fully saturated rings. The van der Waals surface area contributed by atoms with Crippen molar-refractivity contribution in [3.05, 3.63) is 156 Å². The van der Waals surface area contributed by atoms with Crippen molar-refractivity contribution in [2.24, 2.45) is 0 Å². The third kappa shape index (κ3) is 9.96. The number of rotatable bonds is 4. The van der Waals surface area contributed by atoms with Gasteiger partial charge in [0.05, 0.1) is 17.0 Å². The molecule has 0 spiro atoms. The maximum atomic E-state index is 13.2. The molecule has 0 atom stereocenters.